The van der Waals surface area contributed by atoms with Gasteiger partial charge in [-0.25, -0.2) is 9.18 Å². The number of hydrogen-bond acceptors (Lipinski definition) is 2. The number of halogens is 1. The first-order valence-electron chi connectivity index (χ1n) is 5.60. The van der Waals surface area contributed by atoms with Crippen LogP contribution in [-0.4, -0.2) is 21.4 Å². The predicted octanol–water partition coefficient (Wildman–Crippen LogP) is 2.40. The zero-order valence-electron chi connectivity index (χ0n) is 10.5. The maximum Gasteiger partial charge on any atom is 0.352 e. The van der Waals surface area contributed by atoms with Crippen LogP contribution in [0.2, 0.25) is 0 Å². The number of carboxylic acid groups (broad SMARTS) is 1. The number of rotatable bonds is 3. The van der Waals surface area contributed by atoms with Gasteiger partial charge in [-0.1, -0.05) is 11.6 Å². The smallest absolute Gasteiger partial charge is 0.352 e. The Morgan fingerprint density at radius 2 is 1.95 bits per heavy atom. The lowest BCUT2D eigenvalue weighted by Crippen LogP contribution is -2.03. The fourth-order valence-electron chi connectivity index (χ4n) is 1.87. The van der Waals surface area contributed by atoms with Crippen LogP contribution in [0.1, 0.15) is 32.0 Å². The summed E-state index contributed by atoms with van der Waals surface area (Å²) >= 11 is 0. The first-order valence-corrected chi connectivity index (χ1v) is 5.60. The van der Waals surface area contributed by atoms with Crippen LogP contribution < -0.4 is 0 Å². The van der Waals surface area contributed by atoms with Crippen molar-refractivity contribution in [2.24, 2.45) is 7.05 Å². The third-order valence-electron chi connectivity index (χ3n) is 2.85. The number of aryl methyl sites for hydroxylation is 2. The van der Waals surface area contributed by atoms with Crippen molar-refractivity contribution in [2.45, 2.75) is 6.92 Å². The van der Waals surface area contributed by atoms with Gasteiger partial charge in [0.2, 0.25) is 0 Å². The SMILES string of the molecule is Cc1ccc(F)c(C(=O)c2cc(C(=O)O)n(C)c2)c1. The number of carbonyl (C=O) groups excluding carboxylic acids is 1. The Morgan fingerprint density at radius 1 is 1.26 bits per heavy atom. The van der Waals surface area contributed by atoms with Gasteiger partial charge in [-0.15, -0.1) is 0 Å². The minimum absolute atomic E-state index is 0.0172. The van der Waals surface area contributed by atoms with E-state index in [4.69, 9.17) is 5.11 Å². The summed E-state index contributed by atoms with van der Waals surface area (Å²) in [4.78, 5) is 23.1. The van der Waals surface area contributed by atoms with E-state index in [1.165, 1.54) is 36.0 Å². The number of hydrogen-bond donors (Lipinski definition) is 1. The van der Waals surface area contributed by atoms with Gasteiger partial charge in [0.05, 0.1) is 5.56 Å². The molecular formula is C14H12FNO3. The van der Waals surface area contributed by atoms with Gasteiger partial charge in [0.25, 0.3) is 0 Å². The third kappa shape index (κ3) is 2.40. The molecule has 2 rings (SSSR count). The van der Waals surface area contributed by atoms with Gasteiger partial charge in [-0.3, -0.25) is 4.79 Å². The van der Waals surface area contributed by atoms with Gasteiger partial charge in [0, 0.05) is 18.8 Å². The van der Waals surface area contributed by atoms with E-state index in [9.17, 15) is 14.0 Å². The van der Waals surface area contributed by atoms with Crippen molar-refractivity contribution in [3.63, 3.8) is 0 Å². The molecule has 0 radical (unpaired) electrons. The number of carboxylic acids is 1. The molecule has 19 heavy (non-hydrogen) atoms. The van der Waals surface area contributed by atoms with Crippen molar-refractivity contribution in [2.75, 3.05) is 0 Å². The van der Waals surface area contributed by atoms with Crippen LogP contribution in [0.5, 0.6) is 0 Å². The highest BCUT2D eigenvalue weighted by molar-refractivity contribution is 6.10. The van der Waals surface area contributed by atoms with Crippen LogP contribution in [-0.2, 0) is 7.05 Å². The summed E-state index contributed by atoms with van der Waals surface area (Å²) in [6.45, 7) is 1.75. The molecule has 0 bridgehead atoms. The molecule has 0 aliphatic rings. The van der Waals surface area contributed by atoms with Crippen molar-refractivity contribution in [1.82, 2.24) is 4.57 Å². The van der Waals surface area contributed by atoms with Gasteiger partial charge >= 0.3 is 5.97 Å². The molecule has 5 heteroatoms. The molecule has 2 aromatic rings. The molecule has 1 aromatic heterocycles. The summed E-state index contributed by atoms with van der Waals surface area (Å²) in [6.07, 6.45) is 1.38. The first kappa shape index (κ1) is 13.0. The Labute approximate surface area is 109 Å². The Kier molecular flexibility index (Phi) is 3.21. The maximum absolute atomic E-state index is 13.6. The summed E-state index contributed by atoms with van der Waals surface area (Å²) in [5.74, 6) is -2.27. The van der Waals surface area contributed by atoms with E-state index in [-0.39, 0.29) is 16.8 Å². The van der Waals surface area contributed by atoms with Crippen LogP contribution in [0.3, 0.4) is 0 Å². The van der Waals surface area contributed by atoms with Crippen LogP contribution >= 0.6 is 0 Å². The molecule has 0 saturated carbocycles. The number of benzene rings is 1. The molecule has 1 aromatic carbocycles. The standard InChI is InChI=1S/C14H12FNO3/c1-8-3-4-11(15)10(5-8)13(17)9-6-12(14(18)19)16(2)7-9/h3-7H,1-2H3,(H,18,19). The van der Waals surface area contributed by atoms with E-state index in [1.54, 1.807) is 13.0 Å². The number of ketones is 1. The third-order valence-corrected chi connectivity index (χ3v) is 2.85. The largest absolute Gasteiger partial charge is 0.477 e. The number of nitrogens with zero attached hydrogens (tertiary/aromatic N) is 1. The van der Waals surface area contributed by atoms with Gasteiger partial charge in [0.1, 0.15) is 11.5 Å². The monoisotopic (exact) mass is 261 g/mol. The van der Waals surface area contributed by atoms with Gasteiger partial charge < -0.3 is 9.67 Å². The fraction of sp³-hybridized carbons (Fsp3) is 0.143. The first-order chi connectivity index (χ1) is 8.90. The highest BCUT2D eigenvalue weighted by Crippen LogP contribution is 2.17. The second-order valence-electron chi connectivity index (χ2n) is 4.34. The average Bonchev–Trinajstić information content (AvgIpc) is 2.74. The van der Waals surface area contributed by atoms with E-state index in [0.717, 1.165) is 5.56 Å². The molecule has 0 fully saturated rings. The summed E-state index contributed by atoms with van der Waals surface area (Å²) in [5.41, 5.74) is 0.850. The molecule has 0 atom stereocenters. The van der Waals surface area contributed by atoms with Crippen molar-refractivity contribution in [3.8, 4) is 0 Å². The zero-order chi connectivity index (χ0) is 14.2. The molecule has 0 saturated heterocycles. The number of aromatic carboxylic acids is 1. The molecular weight excluding hydrogens is 249 g/mol. The zero-order valence-corrected chi connectivity index (χ0v) is 10.5. The molecule has 4 nitrogen and oxygen atoms in total. The van der Waals surface area contributed by atoms with Crippen molar-refractivity contribution >= 4 is 11.8 Å². The molecule has 98 valence electrons. The van der Waals surface area contributed by atoms with Crippen LogP contribution in [0, 0.1) is 12.7 Å². The second-order valence-corrected chi connectivity index (χ2v) is 4.34. The van der Waals surface area contributed by atoms with Gasteiger partial charge in [-0.05, 0) is 25.1 Å². The number of aromatic nitrogens is 1. The predicted molar refractivity (Wildman–Crippen MR) is 66.9 cm³/mol. The van der Waals surface area contributed by atoms with E-state index in [2.05, 4.69) is 0 Å². The number of carbonyl (C=O) groups is 2. The van der Waals surface area contributed by atoms with Crippen molar-refractivity contribution in [3.05, 3.63) is 58.7 Å². The summed E-state index contributed by atoms with van der Waals surface area (Å²) in [6, 6.07) is 5.49. The topological polar surface area (TPSA) is 59.3 Å². The Morgan fingerprint density at radius 3 is 2.53 bits per heavy atom. The lowest BCUT2D eigenvalue weighted by molar-refractivity contribution is 0.0686. The molecule has 0 aliphatic carbocycles. The Bertz CT molecular complexity index is 673. The molecule has 0 amide bonds. The Hall–Kier alpha value is -2.43. The second kappa shape index (κ2) is 4.68. The molecule has 0 unspecified atom stereocenters. The molecule has 0 spiro atoms. The van der Waals surface area contributed by atoms with Crippen LogP contribution in [0.15, 0.2) is 30.5 Å². The minimum atomic E-state index is -1.13. The summed E-state index contributed by atoms with van der Waals surface area (Å²) in [5, 5.41) is 8.92. The lowest BCUT2D eigenvalue weighted by Gasteiger charge is -2.02. The lowest BCUT2D eigenvalue weighted by atomic mass is 10.0. The normalized spacial score (nSPS) is 10.5. The van der Waals surface area contributed by atoms with E-state index in [1.807, 2.05) is 0 Å². The van der Waals surface area contributed by atoms with Crippen LogP contribution in [0.4, 0.5) is 4.39 Å². The van der Waals surface area contributed by atoms with Crippen molar-refractivity contribution in [1.29, 1.82) is 0 Å². The Balaban J connectivity index is 2.47. The molecule has 1 heterocycles. The highest BCUT2D eigenvalue weighted by atomic mass is 19.1. The van der Waals surface area contributed by atoms with Gasteiger partial charge in [0.15, 0.2) is 5.78 Å². The molecule has 0 aliphatic heterocycles. The molecule has 1 N–H and O–H groups in total. The highest BCUT2D eigenvalue weighted by Gasteiger charge is 2.18. The fourth-order valence-corrected chi connectivity index (χ4v) is 1.87. The minimum Gasteiger partial charge on any atom is -0.477 e. The van der Waals surface area contributed by atoms with Crippen LogP contribution in [0.25, 0.3) is 0 Å². The average molecular weight is 261 g/mol. The quantitative estimate of drug-likeness (QED) is 0.863. The van der Waals surface area contributed by atoms with Gasteiger partial charge in [-0.2, -0.15) is 0 Å². The maximum atomic E-state index is 13.6. The summed E-state index contributed by atoms with van der Waals surface area (Å²) in [7, 11) is 1.52. The van der Waals surface area contributed by atoms with E-state index < -0.39 is 17.6 Å². The van der Waals surface area contributed by atoms with Crippen molar-refractivity contribution < 1.29 is 19.1 Å². The summed E-state index contributed by atoms with van der Waals surface area (Å²) < 4.78 is 15.0. The van der Waals surface area contributed by atoms with E-state index >= 15 is 0 Å². The van der Waals surface area contributed by atoms with E-state index in [0.29, 0.717) is 0 Å².